The Balaban J connectivity index is 3.34. The van der Waals surface area contributed by atoms with Crippen LogP contribution in [0.3, 0.4) is 0 Å². The van der Waals surface area contributed by atoms with E-state index in [0.29, 0.717) is 16.3 Å². The van der Waals surface area contributed by atoms with E-state index in [0.717, 1.165) is 5.56 Å². The summed E-state index contributed by atoms with van der Waals surface area (Å²) in [6, 6.07) is 3.47. The first-order chi connectivity index (χ1) is 8.42. The van der Waals surface area contributed by atoms with Crippen LogP contribution < -0.4 is 4.74 Å². The highest BCUT2D eigenvalue weighted by molar-refractivity contribution is 6.32. The molecular formula is C13H17ClO4. The Morgan fingerprint density at radius 2 is 1.94 bits per heavy atom. The predicted octanol–water partition coefficient (Wildman–Crippen LogP) is 2.68. The number of hydrogen-bond donors (Lipinski definition) is 1. The third kappa shape index (κ3) is 2.94. The zero-order valence-electron chi connectivity index (χ0n) is 10.9. The zero-order chi connectivity index (χ0) is 13.9. The van der Waals surface area contributed by atoms with Gasteiger partial charge in [0.15, 0.2) is 6.10 Å². The Hall–Kier alpha value is -1.26. The molecule has 1 N–H and O–H groups in total. The van der Waals surface area contributed by atoms with Gasteiger partial charge < -0.3 is 14.6 Å². The minimum atomic E-state index is -1.40. The fraction of sp³-hybridized carbons (Fsp3) is 0.462. The second-order valence-corrected chi connectivity index (χ2v) is 4.61. The van der Waals surface area contributed by atoms with Crippen LogP contribution >= 0.6 is 11.6 Å². The molecule has 0 aliphatic heterocycles. The average molecular weight is 273 g/mol. The van der Waals surface area contributed by atoms with Crippen molar-refractivity contribution in [2.24, 2.45) is 0 Å². The van der Waals surface area contributed by atoms with Crippen LogP contribution in [-0.2, 0) is 9.53 Å². The number of aliphatic hydroxyl groups is 1. The van der Waals surface area contributed by atoms with Crippen molar-refractivity contribution in [3.8, 4) is 5.75 Å². The molecule has 0 fully saturated rings. The first-order valence-corrected chi connectivity index (χ1v) is 5.93. The molecular weight excluding hydrogens is 256 g/mol. The molecule has 1 rings (SSSR count). The lowest BCUT2D eigenvalue weighted by atomic mass is 9.97. The quantitative estimate of drug-likeness (QED) is 0.856. The van der Waals surface area contributed by atoms with Gasteiger partial charge in [-0.1, -0.05) is 25.4 Å². The van der Waals surface area contributed by atoms with Crippen LogP contribution in [-0.4, -0.2) is 25.3 Å². The van der Waals surface area contributed by atoms with E-state index in [2.05, 4.69) is 4.74 Å². The van der Waals surface area contributed by atoms with Gasteiger partial charge in [0.2, 0.25) is 0 Å². The number of methoxy groups -OCH3 is 2. The van der Waals surface area contributed by atoms with Crippen molar-refractivity contribution in [3.63, 3.8) is 0 Å². The summed E-state index contributed by atoms with van der Waals surface area (Å²) in [6.07, 6.45) is -1.40. The number of ether oxygens (including phenoxy) is 2. The molecule has 1 unspecified atom stereocenters. The Bertz CT molecular complexity index is 443. The van der Waals surface area contributed by atoms with E-state index in [-0.39, 0.29) is 5.92 Å². The summed E-state index contributed by atoms with van der Waals surface area (Å²) in [6.45, 7) is 3.99. The predicted molar refractivity (Wildman–Crippen MR) is 69.1 cm³/mol. The number of carbonyl (C=O) groups is 1. The summed E-state index contributed by atoms with van der Waals surface area (Å²) in [5.41, 5.74) is 1.24. The second kappa shape index (κ2) is 6.07. The van der Waals surface area contributed by atoms with Crippen molar-refractivity contribution in [1.82, 2.24) is 0 Å². The molecule has 1 aromatic carbocycles. The van der Waals surface area contributed by atoms with E-state index in [4.69, 9.17) is 16.3 Å². The maximum atomic E-state index is 11.4. The van der Waals surface area contributed by atoms with Gasteiger partial charge in [-0.2, -0.15) is 0 Å². The van der Waals surface area contributed by atoms with Gasteiger partial charge in [-0.25, -0.2) is 4.79 Å². The van der Waals surface area contributed by atoms with Crippen molar-refractivity contribution in [2.45, 2.75) is 25.9 Å². The van der Waals surface area contributed by atoms with E-state index in [1.807, 2.05) is 13.8 Å². The van der Waals surface area contributed by atoms with Gasteiger partial charge in [0, 0.05) is 5.56 Å². The summed E-state index contributed by atoms with van der Waals surface area (Å²) < 4.78 is 9.65. The molecule has 0 heterocycles. The minimum Gasteiger partial charge on any atom is -0.495 e. The highest BCUT2D eigenvalue weighted by Gasteiger charge is 2.24. The Morgan fingerprint density at radius 3 is 2.39 bits per heavy atom. The lowest BCUT2D eigenvalue weighted by Gasteiger charge is -2.17. The van der Waals surface area contributed by atoms with Crippen LogP contribution in [0.1, 0.15) is 37.0 Å². The molecule has 5 heteroatoms. The molecule has 0 bridgehead atoms. The van der Waals surface area contributed by atoms with Crippen LogP contribution in [0.25, 0.3) is 0 Å². The van der Waals surface area contributed by atoms with Crippen molar-refractivity contribution >= 4 is 17.6 Å². The molecule has 18 heavy (non-hydrogen) atoms. The maximum Gasteiger partial charge on any atom is 0.339 e. The van der Waals surface area contributed by atoms with E-state index in [1.54, 1.807) is 12.1 Å². The molecule has 0 radical (unpaired) electrons. The first-order valence-electron chi connectivity index (χ1n) is 5.55. The minimum absolute atomic E-state index is 0.219. The normalized spacial score (nSPS) is 12.4. The van der Waals surface area contributed by atoms with Gasteiger partial charge in [-0.15, -0.1) is 0 Å². The monoisotopic (exact) mass is 272 g/mol. The van der Waals surface area contributed by atoms with Crippen LogP contribution in [0.15, 0.2) is 12.1 Å². The first kappa shape index (κ1) is 14.8. The second-order valence-electron chi connectivity index (χ2n) is 4.21. The Morgan fingerprint density at radius 1 is 1.33 bits per heavy atom. The van der Waals surface area contributed by atoms with Gasteiger partial charge in [0.1, 0.15) is 5.75 Å². The fourth-order valence-corrected chi connectivity index (χ4v) is 1.94. The van der Waals surface area contributed by atoms with Gasteiger partial charge in [-0.3, -0.25) is 0 Å². The van der Waals surface area contributed by atoms with E-state index in [9.17, 15) is 9.90 Å². The number of hydrogen-bond acceptors (Lipinski definition) is 4. The lowest BCUT2D eigenvalue weighted by molar-refractivity contribution is -0.150. The molecule has 0 spiro atoms. The number of esters is 1. The number of rotatable bonds is 4. The van der Waals surface area contributed by atoms with Crippen molar-refractivity contribution in [2.75, 3.05) is 14.2 Å². The fourth-order valence-electron chi connectivity index (χ4n) is 1.63. The molecule has 0 aromatic heterocycles. The number of benzene rings is 1. The van der Waals surface area contributed by atoms with Crippen molar-refractivity contribution < 1.29 is 19.4 Å². The van der Waals surface area contributed by atoms with E-state index in [1.165, 1.54) is 14.2 Å². The lowest BCUT2D eigenvalue weighted by Crippen LogP contribution is -2.15. The SMILES string of the molecule is COC(=O)C(O)c1cc(C(C)C)cc(Cl)c1OC. The van der Waals surface area contributed by atoms with Gasteiger partial charge in [0.25, 0.3) is 0 Å². The Kier molecular flexibility index (Phi) is 4.99. The maximum absolute atomic E-state index is 11.4. The highest BCUT2D eigenvalue weighted by atomic mass is 35.5. The van der Waals surface area contributed by atoms with E-state index >= 15 is 0 Å². The average Bonchev–Trinajstić information content (AvgIpc) is 2.35. The third-order valence-electron chi connectivity index (χ3n) is 2.68. The van der Waals surface area contributed by atoms with Crippen LogP contribution in [0.4, 0.5) is 0 Å². The summed E-state index contributed by atoms with van der Waals surface area (Å²) in [5.74, 6) is -0.235. The summed E-state index contributed by atoms with van der Waals surface area (Å²) in [4.78, 5) is 11.4. The molecule has 1 atom stereocenters. The topological polar surface area (TPSA) is 55.8 Å². The number of halogens is 1. The molecule has 4 nitrogen and oxygen atoms in total. The van der Waals surface area contributed by atoms with Crippen LogP contribution in [0.2, 0.25) is 5.02 Å². The van der Waals surface area contributed by atoms with Gasteiger partial charge >= 0.3 is 5.97 Å². The molecule has 100 valence electrons. The largest absolute Gasteiger partial charge is 0.495 e. The summed E-state index contributed by atoms with van der Waals surface area (Å²) >= 11 is 6.08. The summed E-state index contributed by atoms with van der Waals surface area (Å²) in [7, 11) is 2.65. The standard InChI is InChI=1S/C13H17ClO4/c1-7(2)8-5-9(11(15)13(16)18-4)12(17-3)10(14)6-8/h5-7,11,15H,1-4H3. The molecule has 0 saturated carbocycles. The van der Waals surface area contributed by atoms with Crippen LogP contribution in [0.5, 0.6) is 5.75 Å². The van der Waals surface area contributed by atoms with E-state index < -0.39 is 12.1 Å². The van der Waals surface area contributed by atoms with Crippen molar-refractivity contribution in [3.05, 3.63) is 28.3 Å². The van der Waals surface area contributed by atoms with Crippen LogP contribution in [0, 0.1) is 0 Å². The molecule has 0 aliphatic rings. The van der Waals surface area contributed by atoms with Gasteiger partial charge in [0.05, 0.1) is 19.2 Å². The summed E-state index contributed by atoms with van der Waals surface area (Å²) in [5, 5.41) is 10.3. The highest BCUT2D eigenvalue weighted by Crippen LogP contribution is 2.36. The molecule has 1 aromatic rings. The number of aliphatic hydroxyl groups excluding tert-OH is 1. The molecule has 0 aliphatic carbocycles. The third-order valence-corrected chi connectivity index (χ3v) is 2.97. The Labute approximate surface area is 111 Å². The number of carbonyl (C=O) groups excluding carboxylic acids is 1. The van der Waals surface area contributed by atoms with Crippen molar-refractivity contribution in [1.29, 1.82) is 0 Å². The molecule has 0 amide bonds. The zero-order valence-corrected chi connectivity index (χ0v) is 11.6. The molecule has 0 saturated heterocycles. The smallest absolute Gasteiger partial charge is 0.339 e. The van der Waals surface area contributed by atoms with Gasteiger partial charge in [-0.05, 0) is 23.6 Å².